The zero-order chi connectivity index (χ0) is 14.2. The van der Waals surface area contributed by atoms with Crippen LogP contribution >= 0.6 is 0 Å². The van der Waals surface area contributed by atoms with Gasteiger partial charge in [-0.15, -0.1) is 0 Å². The van der Waals surface area contributed by atoms with Crippen molar-refractivity contribution in [2.45, 2.75) is 36.2 Å². The largest absolute Gasteiger partial charge is 0.490 e. The first kappa shape index (κ1) is 13.7. The summed E-state index contributed by atoms with van der Waals surface area (Å²) in [6.07, 6.45) is 2.16. The van der Waals surface area contributed by atoms with Crippen LogP contribution in [0.4, 0.5) is 0 Å². The van der Waals surface area contributed by atoms with E-state index in [4.69, 9.17) is 15.2 Å². The Morgan fingerprint density at radius 2 is 1.85 bits per heavy atom. The molecule has 0 atom stereocenters. The van der Waals surface area contributed by atoms with Gasteiger partial charge in [0.15, 0.2) is 11.5 Å². The summed E-state index contributed by atoms with van der Waals surface area (Å²) in [5, 5.41) is 0. The van der Waals surface area contributed by atoms with Gasteiger partial charge in [-0.25, -0.2) is 13.1 Å². The van der Waals surface area contributed by atoms with E-state index in [0.717, 1.165) is 6.42 Å². The van der Waals surface area contributed by atoms with Crippen LogP contribution in [0.3, 0.4) is 0 Å². The van der Waals surface area contributed by atoms with Crippen molar-refractivity contribution >= 4 is 10.0 Å². The lowest BCUT2D eigenvalue weighted by molar-refractivity contribution is 0.296. The predicted octanol–water partition coefficient (Wildman–Crippen LogP) is 0.616. The van der Waals surface area contributed by atoms with Crippen molar-refractivity contribution in [3.63, 3.8) is 0 Å². The van der Waals surface area contributed by atoms with Gasteiger partial charge in [0.2, 0.25) is 10.0 Å². The van der Waals surface area contributed by atoms with Gasteiger partial charge in [0.1, 0.15) is 0 Å². The number of sulfonamides is 1. The van der Waals surface area contributed by atoms with Gasteiger partial charge in [0.25, 0.3) is 0 Å². The third-order valence-electron chi connectivity index (χ3n) is 3.53. The summed E-state index contributed by atoms with van der Waals surface area (Å²) in [6, 6.07) is 4.73. The molecule has 3 rings (SSSR count). The maximum atomic E-state index is 12.3. The summed E-state index contributed by atoms with van der Waals surface area (Å²) < 4.78 is 38.2. The Balaban J connectivity index is 1.80. The molecule has 0 aromatic heterocycles. The van der Waals surface area contributed by atoms with Crippen molar-refractivity contribution in [1.82, 2.24) is 4.72 Å². The zero-order valence-corrected chi connectivity index (χ0v) is 11.9. The molecule has 1 saturated carbocycles. The Morgan fingerprint density at radius 1 is 1.15 bits per heavy atom. The van der Waals surface area contributed by atoms with Crippen molar-refractivity contribution in [3.8, 4) is 11.5 Å². The van der Waals surface area contributed by atoms with Crippen molar-refractivity contribution in [1.29, 1.82) is 0 Å². The minimum atomic E-state index is -3.53. The summed E-state index contributed by atoms with van der Waals surface area (Å²) in [5.41, 5.74) is 5.66. The van der Waals surface area contributed by atoms with E-state index in [1.165, 1.54) is 12.1 Å². The number of rotatable bonds is 3. The van der Waals surface area contributed by atoms with Gasteiger partial charge in [0.05, 0.1) is 18.1 Å². The lowest BCUT2D eigenvalue weighted by atomic mass is 9.89. The molecule has 3 N–H and O–H groups in total. The molecule has 1 aromatic carbocycles. The molecular weight excluding hydrogens is 280 g/mol. The van der Waals surface area contributed by atoms with Crippen LogP contribution in [-0.2, 0) is 10.0 Å². The Morgan fingerprint density at radius 3 is 2.55 bits per heavy atom. The molecule has 0 spiro atoms. The van der Waals surface area contributed by atoms with Crippen molar-refractivity contribution < 1.29 is 17.9 Å². The molecule has 7 heteroatoms. The van der Waals surface area contributed by atoms with E-state index in [0.29, 0.717) is 37.6 Å². The second-order valence-corrected chi connectivity index (χ2v) is 6.92. The first-order chi connectivity index (χ1) is 9.54. The molecule has 1 fully saturated rings. The van der Waals surface area contributed by atoms with Crippen LogP contribution in [0, 0.1) is 0 Å². The second kappa shape index (κ2) is 5.23. The van der Waals surface area contributed by atoms with E-state index in [1.807, 2.05) is 0 Å². The number of fused-ring (bicyclic) bond motifs is 1. The quantitative estimate of drug-likeness (QED) is 0.853. The number of nitrogens with one attached hydrogen (secondary N) is 1. The maximum absolute atomic E-state index is 12.3. The third-order valence-corrected chi connectivity index (χ3v) is 5.04. The van der Waals surface area contributed by atoms with Gasteiger partial charge in [-0.05, 0) is 25.0 Å². The predicted molar refractivity (Wildman–Crippen MR) is 73.4 cm³/mol. The molecule has 2 aliphatic rings. The van der Waals surface area contributed by atoms with Gasteiger partial charge in [0, 0.05) is 24.6 Å². The summed E-state index contributed by atoms with van der Waals surface area (Å²) in [7, 11) is -3.53. The molecule has 0 unspecified atom stereocenters. The molecule has 0 radical (unpaired) electrons. The van der Waals surface area contributed by atoms with Crippen molar-refractivity contribution in [2.75, 3.05) is 13.2 Å². The van der Waals surface area contributed by atoms with E-state index in [1.54, 1.807) is 6.07 Å². The van der Waals surface area contributed by atoms with Gasteiger partial charge >= 0.3 is 0 Å². The molecule has 1 heterocycles. The number of benzene rings is 1. The molecule has 0 saturated heterocycles. The lowest BCUT2D eigenvalue weighted by Gasteiger charge is -2.32. The van der Waals surface area contributed by atoms with Gasteiger partial charge in [-0.1, -0.05) is 0 Å². The fraction of sp³-hybridized carbons (Fsp3) is 0.538. The molecule has 0 amide bonds. The Hall–Kier alpha value is -1.31. The molecular formula is C13H18N2O4S. The van der Waals surface area contributed by atoms with Crippen LogP contribution in [0.2, 0.25) is 0 Å². The number of ether oxygens (including phenoxy) is 2. The van der Waals surface area contributed by atoms with Crippen LogP contribution in [-0.4, -0.2) is 33.7 Å². The Bertz CT molecular complexity index is 596. The molecule has 1 aliphatic carbocycles. The Kier molecular flexibility index (Phi) is 3.57. The smallest absolute Gasteiger partial charge is 0.240 e. The summed E-state index contributed by atoms with van der Waals surface area (Å²) >= 11 is 0. The molecule has 110 valence electrons. The number of nitrogens with two attached hydrogens (primary N) is 1. The highest BCUT2D eigenvalue weighted by Gasteiger charge is 2.30. The van der Waals surface area contributed by atoms with Crippen LogP contribution < -0.4 is 19.9 Å². The minimum absolute atomic E-state index is 0.0639. The molecule has 6 nitrogen and oxygen atoms in total. The van der Waals surface area contributed by atoms with E-state index in [2.05, 4.69) is 4.72 Å². The molecule has 0 bridgehead atoms. The van der Waals surface area contributed by atoms with Crippen molar-refractivity contribution in [2.24, 2.45) is 5.73 Å². The first-order valence-electron chi connectivity index (χ1n) is 6.72. The van der Waals surface area contributed by atoms with E-state index >= 15 is 0 Å². The summed E-state index contributed by atoms with van der Waals surface area (Å²) in [6.45, 7) is 1.11. The minimum Gasteiger partial charge on any atom is -0.490 e. The zero-order valence-electron chi connectivity index (χ0n) is 11.0. The normalized spacial score (nSPS) is 25.6. The average Bonchev–Trinajstić information content (AvgIpc) is 2.60. The van der Waals surface area contributed by atoms with Crippen molar-refractivity contribution in [3.05, 3.63) is 18.2 Å². The highest BCUT2D eigenvalue weighted by molar-refractivity contribution is 7.89. The highest BCUT2D eigenvalue weighted by atomic mass is 32.2. The van der Waals surface area contributed by atoms with Crippen LogP contribution in [0.15, 0.2) is 23.1 Å². The van der Waals surface area contributed by atoms with Gasteiger partial charge in [-0.3, -0.25) is 0 Å². The van der Waals surface area contributed by atoms with E-state index in [9.17, 15) is 8.42 Å². The third kappa shape index (κ3) is 2.74. The summed E-state index contributed by atoms with van der Waals surface area (Å²) in [5.74, 6) is 1.07. The average molecular weight is 298 g/mol. The highest BCUT2D eigenvalue weighted by Crippen LogP contribution is 2.32. The van der Waals surface area contributed by atoms with Crippen LogP contribution in [0.5, 0.6) is 11.5 Å². The van der Waals surface area contributed by atoms with Gasteiger partial charge < -0.3 is 15.2 Å². The SMILES string of the molecule is NC1CC(NS(=O)(=O)c2ccc3c(c2)OCCCO3)C1. The van der Waals surface area contributed by atoms with Crippen LogP contribution in [0.25, 0.3) is 0 Å². The first-order valence-corrected chi connectivity index (χ1v) is 8.20. The van der Waals surface area contributed by atoms with E-state index < -0.39 is 10.0 Å². The molecule has 1 aromatic rings. The van der Waals surface area contributed by atoms with Gasteiger partial charge in [-0.2, -0.15) is 0 Å². The lowest BCUT2D eigenvalue weighted by Crippen LogP contribution is -2.50. The fourth-order valence-corrected chi connectivity index (χ4v) is 3.63. The number of hydrogen-bond donors (Lipinski definition) is 2. The van der Waals surface area contributed by atoms with Crippen LogP contribution in [0.1, 0.15) is 19.3 Å². The molecule has 20 heavy (non-hydrogen) atoms. The molecule has 1 aliphatic heterocycles. The van der Waals surface area contributed by atoms with E-state index in [-0.39, 0.29) is 17.0 Å². The standard InChI is InChI=1S/C13H18N2O4S/c14-9-6-10(7-9)15-20(16,17)11-2-3-12-13(8-11)19-5-1-4-18-12/h2-3,8-10,15H,1,4-7,14H2. The fourth-order valence-electron chi connectivity index (χ4n) is 2.36. The topological polar surface area (TPSA) is 90.7 Å². The second-order valence-electron chi connectivity index (χ2n) is 5.21. The summed E-state index contributed by atoms with van der Waals surface area (Å²) in [4.78, 5) is 0.197. The Labute approximate surface area is 118 Å². The number of hydrogen-bond acceptors (Lipinski definition) is 5. The monoisotopic (exact) mass is 298 g/mol. The maximum Gasteiger partial charge on any atom is 0.240 e.